The molecule has 0 aliphatic carbocycles. The molecular weight excluding hydrogens is 322 g/mol. The van der Waals surface area contributed by atoms with Crippen molar-refractivity contribution in [1.82, 2.24) is 0 Å². The van der Waals surface area contributed by atoms with Gasteiger partial charge in [-0.3, -0.25) is 9.59 Å². The van der Waals surface area contributed by atoms with Crippen LogP contribution in [0.2, 0.25) is 0 Å². The zero-order chi connectivity index (χ0) is 18.0. The zero-order valence-electron chi connectivity index (χ0n) is 14.3. The van der Waals surface area contributed by atoms with E-state index in [1.807, 2.05) is 18.2 Å². The lowest BCUT2D eigenvalue weighted by atomic mass is 9.84. The number of amides is 1. The maximum absolute atomic E-state index is 12.1. The van der Waals surface area contributed by atoms with Crippen molar-refractivity contribution in [3.05, 3.63) is 47.5 Å². The predicted molar refractivity (Wildman–Crippen MR) is 92.4 cm³/mol. The molecule has 0 aromatic heterocycles. The molecular formula is C19H19NO5. The summed E-state index contributed by atoms with van der Waals surface area (Å²) in [6.45, 7) is 1.36. The molecule has 0 saturated heterocycles. The summed E-state index contributed by atoms with van der Waals surface area (Å²) in [7, 11) is 3.13. The van der Waals surface area contributed by atoms with E-state index in [1.54, 1.807) is 32.4 Å². The van der Waals surface area contributed by atoms with E-state index in [-0.39, 0.29) is 17.8 Å². The summed E-state index contributed by atoms with van der Waals surface area (Å²) in [4.78, 5) is 23.2. The van der Waals surface area contributed by atoms with Crippen LogP contribution in [0.15, 0.2) is 36.4 Å². The first kappa shape index (κ1) is 16.8. The number of anilines is 1. The molecule has 2 aromatic carbocycles. The SMILES string of the molecule is COc1cc2c(cc1OC)C(c1ccc(OC(C)=O)cc1)CC(=O)N2. The average molecular weight is 341 g/mol. The molecule has 0 saturated carbocycles. The first-order chi connectivity index (χ1) is 12.0. The van der Waals surface area contributed by atoms with Gasteiger partial charge in [-0.15, -0.1) is 0 Å². The van der Waals surface area contributed by atoms with Crippen LogP contribution in [0.25, 0.3) is 0 Å². The van der Waals surface area contributed by atoms with Gasteiger partial charge in [-0.25, -0.2) is 0 Å². The minimum Gasteiger partial charge on any atom is -0.493 e. The van der Waals surface area contributed by atoms with E-state index in [9.17, 15) is 9.59 Å². The highest BCUT2D eigenvalue weighted by Gasteiger charge is 2.28. The summed E-state index contributed by atoms with van der Waals surface area (Å²) in [6.07, 6.45) is 0.329. The van der Waals surface area contributed by atoms with E-state index in [0.29, 0.717) is 29.4 Å². The quantitative estimate of drug-likeness (QED) is 0.683. The van der Waals surface area contributed by atoms with Gasteiger partial charge in [-0.1, -0.05) is 12.1 Å². The topological polar surface area (TPSA) is 73.9 Å². The number of hydrogen-bond donors (Lipinski definition) is 1. The maximum Gasteiger partial charge on any atom is 0.308 e. The lowest BCUT2D eigenvalue weighted by Crippen LogP contribution is -2.23. The monoisotopic (exact) mass is 341 g/mol. The summed E-state index contributed by atoms with van der Waals surface area (Å²) >= 11 is 0. The standard InChI is InChI=1S/C19H19NO5/c1-11(21)25-13-6-4-12(5-7-13)14-9-19(22)20-16-10-18(24-3)17(23-2)8-15(14)16/h4-8,10,14H,9H2,1-3H3,(H,20,22). The maximum atomic E-state index is 12.1. The molecule has 0 bridgehead atoms. The first-order valence-corrected chi connectivity index (χ1v) is 7.86. The van der Waals surface area contributed by atoms with Crippen LogP contribution in [-0.4, -0.2) is 26.1 Å². The summed E-state index contributed by atoms with van der Waals surface area (Å²) in [5.74, 6) is 1.10. The second-order valence-electron chi connectivity index (χ2n) is 5.76. The van der Waals surface area contributed by atoms with Gasteiger partial charge >= 0.3 is 5.97 Å². The second-order valence-corrected chi connectivity index (χ2v) is 5.76. The average Bonchev–Trinajstić information content (AvgIpc) is 2.60. The highest BCUT2D eigenvalue weighted by Crippen LogP contribution is 2.43. The van der Waals surface area contributed by atoms with Crippen LogP contribution in [0.3, 0.4) is 0 Å². The smallest absolute Gasteiger partial charge is 0.308 e. The molecule has 1 unspecified atom stereocenters. The van der Waals surface area contributed by atoms with Gasteiger partial charge in [0.1, 0.15) is 5.75 Å². The summed E-state index contributed by atoms with van der Waals surface area (Å²) in [5.41, 5.74) is 2.62. The van der Waals surface area contributed by atoms with Gasteiger partial charge in [-0.05, 0) is 29.3 Å². The molecule has 2 aromatic rings. The predicted octanol–water partition coefficient (Wildman–Crippen LogP) is 3.10. The molecule has 1 N–H and O–H groups in total. The Morgan fingerprint density at radius 2 is 1.72 bits per heavy atom. The van der Waals surface area contributed by atoms with Crippen LogP contribution in [0.4, 0.5) is 5.69 Å². The van der Waals surface area contributed by atoms with Gasteiger partial charge in [-0.2, -0.15) is 0 Å². The molecule has 1 heterocycles. The third kappa shape index (κ3) is 3.42. The van der Waals surface area contributed by atoms with Gasteiger partial charge in [0.25, 0.3) is 0 Å². The van der Waals surface area contributed by atoms with Crippen molar-refractivity contribution in [2.24, 2.45) is 0 Å². The Bertz CT molecular complexity index is 813. The fourth-order valence-electron chi connectivity index (χ4n) is 3.02. The Labute approximate surface area is 145 Å². The van der Waals surface area contributed by atoms with Crippen molar-refractivity contribution in [3.63, 3.8) is 0 Å². The minimum atomic E-state index is -0.369. The highest BCUT2D eigenvalue weighted by molar-refractivity contribution is 5.96. The van der Waals surface area contributed by atoms with Crippen molar-refractivity contribution in [3.8, 4) is 17.2 Å². The molecule has 1 atom stereocenters. The fraction of sp³-hybridized carbons (Fsp3) is 0.263. The van der Waals surface area contributed by atoms with E-state index in [4.69, 9.17) is 14.2 Å². The number of hydrogen-bond acceptors (Lipinski definition) is 5. The molecule has 3 rings (SSSR count). The molecule has 1 amide bonds. The summed E-state index contributed by atoms with van der Waals surface area (Å²) < 4.78 is 15.7. The molecule has 1 aliphatic rings. The van der Waals surface area contributed by atoms with Gasteiger partial charge < -0.3 is 19.5 Å². The number of carbonyl (C=O) groups is 2. The molecule has 6 nitrogen and oxygen atoms in total. The third-order valence-electron chi connectivity index (χ3n) is 4.14. The number of rotatable bonds is 4. The largest absolute Gasteiger partial charge is 0.493 e. The van der Waals surface area contributed by atoms with Crippen LogP contribution in [-0.2, 0) is 9.59 Å². The van der Waals surface area contributed by atoms with E-state index < -0.39 is 0 Å². The van der Waals surface area contributed by atoms with Crippen molar-refractivity contribution in [2.45, 2.75) is 19.3 Å². The van der Waals surface area contributed by atoms with Crippen molar-refractivity contribution < 1.29 is 23.8 Å². The number of ether oxygens (including phenoxy) is 3. The van der Waals surface area contributed by atoms with E-state index in [2.05, 4.69) is 5.32 Å². The van der Waals surface area contributed by atoms with Gasteiger partial charge in [0.05, 0.1) is 14.2 Å². The van der Waals surface area contributed by atoms with Gasteiger partial charge in [0.2, 0.25) is 5.91 Å². The van der Waals surface area contributed by atoms with Crippen molar-refractivity contribution >= 4 is 17.6 Å². The molecule has 6 heteroatoms. The molecule has 0 spiro atoms. The van der Waals surface area contributed by atoms with Crippen LogP contribution < -0.4 is 19.5 Å². The summed E-state index contributed by atoms with van der Waals surface area (Å²) in [5, 5.41) is 2.88. The van der Waals surface area contributed by atoms with Gasteiger partial charge in [0, 0.05) is 31.0 Å². The molecule has 25 heavy (non-hydrogen) atoms. The summed E-state index contributed by atoms with van der Waals surface area (Å²) in [6, 6.07) is 10.8. The first-order valence-electron chi connectivity index (χ1n) is 7.86. The van der Waals surface area contributed by atoms with Crippen molar-refractivity contribution in [1.29, 1.82) is 0 Å². The van der Waals surface area contributed by atoms with Crippen LogP contribution in [0, 0.1) is 0 Å². The number of methoxy groups -OCH3 is 2. The lowest BCUT2D eigenvalue weighted by molar-refractivity contribution is -0.131. The Kier molecular flexibility index (Phi) is 4.61. The van der Waals surface area contributed by atoms with Crippen LogP contribution >= 0.6 is 0 Å². The normalized spacial score (nSPS) is 15.8. The Morgan fingerprint density at radius 3 is 2.32 bits per heavy atom. The minimum absolute atomic E-state index is 0.0613. The van der Waals surface area contributed by atoms with Crippen molar-refractivity contribution in [2.75, 3.05) is 19.5 Å². The molecule has 1 aliphatic heterocycles. The van der Waals surface area contributed by atoms with Gasteiger partial charge in [0.15, 0.2) is 11.5 Å². The number of fused-ring (bicyclic) bond motifs is 1. The number of carbonyl (C=O) groups excluding carboxylic acids is 2. The van der Waals surface area contributed by atoms with Crippen LogP contribution in [0.1, 0.15) is 30.4 Å². The highest BCUT2D eigenvalue weighted by atomic mass is 16.5. The number of nitrogens with one attached hydrogen (secondary N) is 1. The molecule has 130 valence electrons. The molecule has 0 radical (unpaired) electrons. The third-order valence-corrected chi connectivity index (χ3v) is 4.14. The number of esters is 1. The Morgan fingerprint density at radius 1 is 1.08 bits per heavy atom. The van der Waals surface area contributed by atoms with E-state index >= 15 is 0 Å². The lowest BCUT2D eigenvalue weighted by Gasteiger charge is -2.27. The zero-order valence-corrected chi connectivity index (χ0v) is 14.3. The van der Waals surface area contributed by atoms with E-state index in [0.717, 1.165) is 11.1 Å². The molecule has 0 fully saturated rings. The van der Waals surface area contributed by atoms with Crippen LogP contribution in [0.5, 0.6) is 17.2 Å². The fourth-order valence-corrected chi connectivity index (χ4v) is 3.02. The second kappa shape index (κ2) is 6.84. The Balaban J connectivity index is 2.00. The number of benzene rings is 2. The Hall–Kier alpha value is -3.02. The van der Waals surface area contributed by atoms with E-state index in [1.165, 1.54) is 6.92 Å².